The molecule has 1 aliphatic heterocycles. The molecule has 2 aromatic rings. The third kappa shape index (κ3) is 2.24. The Balaban J connectivity index is 1.87. The quantitative estimate of drug-likeness (QED) is 0.882. The first-order valence-electron chi connectivity index (χ1n) is 6.53. The molecule has 0 atom stereocenters. The number of amides is 2. The van der Waals surface area contributed by atoms with Crippen molar-refractivity contribution < 1.29 is 9.59 Å². The number of hydrogen-bond acceptors (Lipinski definition) is 4. The standard InChI is InChI=1S/C15H14N4O2/c1-15(2)10-5-4-9(8-11(10)18-13(15)21)12(20)19-14-16-6-3-7-17-14/h3-8H,1-2H3,(H,18,21)(H,16,17,19,20). The van der Waals surface area contributed by atoms with E-state index in [1.807, 2.05) is 13.8 Å². The zero-order valence-electron chi connectivity index (χ0n) is 11.7. The van der Waals surface area contributed by atoms with Crippen LogP contribution in [0.4, 0.5) is 11.6 Å². The van der Waals surface area contributed by atoms with Crippen LogP contribution in [-0.4, -0.2) is 21.8 Å². The number of fused-ring (bicyclic) bond motifs is 1. The average molecular weight is 282 g/mol. The van der Waals surface area contributed by atoms with Crippen molar-refractivity contribution in [1.82, 2.24) is 9.97 Å². The number of hydrogen-bond donors (Lipinski definition) is 2. The first kappa shape index (κ1) is 13.2. The maximum Gasteiger partial charge on any atom is 0.258 e. The van der Waals surface area contributed by atoms with Crippen molar-refractivity contribution in [3.05, 3.63) is 47.8 Å². The van der Waals surface area contributed by atoms with Crippen LogP contribution in [0.2, 0.25) is 0 Å². The summed E-state index contributed by atoms with van der Waals surface area (Å²) >= 11 is 0. The van der Waals surface area contributed by atoms with Crippen molar-refractivity contribution in [1.29, 1.82) is 0 Å². The summed E-state index contributed by atoms with van der Waals surface area (Å²) in [6.45, 7) is 3.71. The third-order valence-corrected chi connectivity index (χ3v) is 3.56. The highest BCUT2D eigenvalue weighted by molar-refractivity contribution is 6.09. The number of anilines is 2. The van der Waals surface area contributed by atoms with E-state index in [4.69, 9.17) is 0 Å². The first-order valence-corrected chi connectivity index (χ1v) is 6.53. The lowest BCUT2D eigenvalue weighted by atomic mass is 9.86. The lowest BCUT2D eigenvalue weighted by molar-refractivity contribution is -0.119. The van der Waals surface area contributed by atoms with Gasteiger partial charge in [0.2, 0.25) is 11.9 Å². The van der Waals surface area contributed by atoms with Gasteiger partial charge in [0.05, 0.1) is 5.41 Å². The Bertz CT molecular complexity index is 726. The Morgan fingerprint density at radius 1 is 1.24 bits per heavy atom. The molecule has 106 valence electrons. The molecule has 21 heavy (non-hydrogen) atoms. The number of nitrogens with one attached hydrogen (secondary N) is 2. The Morgan fingerprint density at radius 2 is 1.95 bits per heavy atom. The molecule has 1 aromatic heterocycles. The van der Waals surface area contributed by atoms with Crippen molar-refractivity contribution in [3.63, 3.8) is 0 Å². The van der Waals surface area contributed by atoms with Crippen LogP contribution in [0.5, 0.6) is 0 Å². The molecule has 0 radical (unpaired) electrons. The summed E-state index contributed by atoms with van der Waals surface area (Å²) in [5.74, 6) is -0.142. The summed E-state index contributed by atoms with van der Waals surface area (Å²) in [7, 11) is 0. The van der Waals surface area contributed by atoms with Crippen LogP contribution >= 0.6 is 0 Å². The van der Waals surface area contributed by atoms with Crippen molar-refractivity contribution >= 4 is 23.5 Å². The minimum Gasteiger partial charge on any atom is -0.325 e. The van der Waals surface area contributed by atoms with Crippen LogP contribution in [0.1, 0.15) is 29.8 Å². The molecule has 2 heterocycles. The van der Waals surface area contributed by atoms with Gasteiger partial charge in [-0.3, -0.25) is 14.9 Å². The van der Waals surface area contributed by atoms with Crippen LogP contribution in [0, 0.1) is 0 Å². The van der Waals surface area contributed by atoms with Crippen LogP contribution < -0.4 is 10.6 Å². The van der Waals surface area contributed by atoms with E-state index in [0.717, 1.165) is 5.56 Å². The smallest absolute Gasteiger partial charge is 0.258 e. The predicted octanol–water partition coefficient (Wildman–Crippen LogP) is 1.96. The molecule has 6 nitrogen and oxygen atoms in total. The summed E-state index contributed by atoms with van der Waals surface area (Å²) in [4.78, 5) is 31.9. The minimum atomic E-state index is -0.577. The van der Waals surface area contributed by atoms with E-state index in [2.05, 4.69) is 20.6 Å². The fourth-order valence-electron chi connectivity index (χ4n) is 2.27. The minimum absolute atomic E-state index is 0.0681. The topological polar surface area (TPSA) is 84.0 Å². The Kier molecular flexibility index (Phi) is 2.94. The van der Waals surface area contributed by atoms with Crippen molar-refractivity contribution in [3.8, 4) is 0 Å². The molecule has 0 aliphatic carbocycles. The molecule has 6 heteroatoms. The Labute approximate surface area is 121 Å². The summed E-state index contributed by atoms with van der Waals surface area (Å²) in [5, 5.41) is 5.40. The molecular formula is C15H14N4O2. The fourth-order valence-corrected chi connectivity index (χ4v) is 2.27. The molecule has 3 rings (SSSR count). The normalized spacial score (nSPS) is 15.2. The van der Waals surface area contributed by atoms with Crippen LogP contribution in [0.15, 0.2) is 36.7 Å². The van der Waals surface area contributed by atoms with Gasteiger partial charge in [-0.05, 0) is 37.6 Å². The number of aromatic nitrogens is 2. The van der Waals surface area contributed by atoms with Gasteiger partial charge < -0.3 is 5.32 Å². The highest BCUT2D eigenvalue weighted by Gasteiger charge is 2.38. The van der Waals surface area contributed by atoms with Gasteiger partial charge in [-0.25, -0.2) is 9.97 Å². The van der Waals surface area contributed by atoms with Crippen LogP contribution in [0.3, 0.4) is 0 Å². The molecule has 0 saturated carbocycles. The molecule has 0 fully saturated rings. The van der Waals surface area contributed by atoms with Crippen molar-refractivity contribution in [2.45, 2.75) is 19.3 Å². The van der Waals surface area contributed by atoms with E-state index in [-0.39, 0.29) is 17.8 Å². The summed E-state index contributed by atoms with van der Waals surface area (Å²) in [5.41, 5.74) is 1.43. The predicted molar refractivity (Wildman–Crippen MR) is 78.1 cm³/mol. The number of carbonyl (C=O) groups is 2. The van der Waals surface area contributed by atoms with Gasteiger partial charge in [0.25, 0.3) is 5.91 Å². The van der Waals surface area contributed by atoms with Gasteiger partial charge in [0, 0.05) is 23.6 Å². The maximum absolute atomic E-state index is 12.2. The lowest BCUT2D eigenvalue weighted by Gasteiger charge is -2.14. The highest BCUT2D eigenvalue weighted by atomic mass is 16.2. The number of nitrogens with zero attached hydrogens (tertiary/aromatic N) is 2. The zero-order chi connectivity index (χ0) is 15.0. The molecular weight excluding hydrogens is 268 g/mol. The molecule has 0 unspecified atom stereocenters. The number of carbonyl (C=O) groups excluding carboxylic acids is 2. The second kappa shape index (κ2) is 4.66. The Morgan fingerprint density at radius 3 is 2.67 bits per heavy atom. The molecule has 1 aliphatic rings. The molecule has 0 spiro atoms. The second-order valence-corrected chi connectivity index (χ2v) is 5.37. The monoisotopic (exact) mass is 282 g/mol. The molecule has 1 aromatic carbocycles. The largest absolute Gasteiger partial charge is 0.325 e. The summed E-state index contributed by atoms with van der Waals surface area (Å²) in [6, 6.07) is 6.83. The average Bonchev–Trinajstić information content (AvgIpc) is 2.69. The van der Waals surface area contributed by atoms with Gasteiger partial charge in [-0.15, -0.1) is 0 Å². The van der Waals surface area contributed by atoms with Crippen molar-refractivity contribution in [2.24, 2.45) is 0 Å². The van der Waals surface area contributed by atoms with Gasteiger partial charge in [0.1, 0.15) is 0 Å². The van der Waals surface area contributed by atoms with Gasteiger partial charge in [-0.2, -0.15) is 0 Å². The highest BCUT2D eigenvalue weighted by Crippen LogP contribution is 2.37. The molecule has 2 N–H and O–H groups in total. The SMILES string of the molecule is CC1(C)C(=O)Nc2cc(C(=O)Nc3ncccn3)ccc21. The van der Waals surface area contributed by atoms with Crippen molar-refractivity contribution in [2.75, 3.05) is 10.6 Å². The van der Waals surface area contributed by atoms with Gasteiger partial charge in [0.15, 0.2) is 0 Å². The van der Waals surface area contributed by atoms with E-state index >= 15 is 0 Å². The number of rotatable bonds is 2. The molecule has 0 bridgehead atoms. The fraction of sp³-hybridized carbons (Fsp3) is 0.200. The Hall–Kier alpha value is -2.76. The van der Waals surface area contributed by atoms with Gasteiger partial charge >= 0.3 is 0 Å². The molecule has 0 saturated heterocycles. The van der Waals surface area contributed by atoms with Crippen LogP contribution in [-0.2, 0) is 10.2 Å². The van der Waals surface area contributed by atoms with E-state index in [0.29, 0.717) is 11.3 Å². The molecule has 2 amide bonds. The van der Waals surface area contributed by atoms with E-state index in [1.54, 1.807) is 36.7 Å². The third-order valence-electron chi connectivity index (χ3n) is 3.56. The first-order chi connectivity index (χ1) is 9.98. The van der Waals surface area contributed by atoms with Gasteiger partial charge in [-0.1, -0.05) is 6.07 Å². The van der Waals surface area contributed by atoms with E-state index in [9.17, 15) is 9.59 Å². The van der Waals surface area contributed by atoms with E-state index in [1.165, 1.54) is 0 Å². The summed E-state index contributed by atoms with van der Waals surface area (Å²) < 4.78 is 0. The second-order valence-electron chi connectivity index (χ2n) is 5.37. The maximum atomic E-state index is 12.2. The summed E-state index contributed by atoms with van der Waals surface area (Å²) in [6.07, 6.45) is 3.10. The van der Waals surface area contributed by atoms with Crippen LogP contribution in [0.25, 0.3) is 0 Å². The van der Waals surface area contributed by atoms with E-state index < -0.39 is 5.41 Å². The zero-order valence-corrected chi connectivity index (χ0v) is 11.7. The lowest BCUT2D eigenvalue weighted by Crippen LogP contribution is -2.26. The number of benzene rings is 1.